The fraction of sp³-hybridized carbons (Fsp3) is 0.143. The molecule has 0 bridgehead atoms. The molecule has 0 radical (unpaired) electrons. The Morgan fingerprint density at radius 3 is 2.82 bits per heavy atom. The maximum atomic E-state index is 12.6. The van der Waals surface area contributed by atoms with Crippen molar-refractivity contribution in [1.29, 1.82) is 5.39 Å². The molecule has 1 aromatic rings. The second kappa shape index (κ2) is 2.97. The van der Waals surface area contributed by atoms with Crippen LogP contribution in [0.3, 0.4) is 0 Å². The van der Waals surface area contributed by atoms with Gasteiger partial charge in [-0.05, 0) is 12.1 Å². The third-order valence-electron chi connectivity index (χ3n) is 1.26. The van der Waals surface area contributed by atoms with Gasteiger partial charge in [0, 0.05) is 0 Å². The number of benzene rings is 1. The SMILES string of the molecule is COc1ccc(F)c([N+]#N)c1. The van der Waals surface area contributed by atoms with Crippen molar-refractivity contribution < 1.29 is 9.13 Å². The maximum absolute atomic E-state index is 12.6. The molecule has 4 heteroatoms. The summed E-state index contributed by atoms with van der Waals surface area (Å²) in [4.78, 5) is 2.72. The lowest BCUT2D eigenvalue weighted by molar-refractivity contribution is 0.414. The zero-order valence-corrected chi connectivity index (χ0v) is 5.91. The van der Waals surface area contributed by atoms with Gasteiger partial charge in [0.05, 0.1) is 13.2 Å². The standard InChI is InChI=1S/C7H6FN2O/c1-11-5-2-3-6(8)7(4-5)10-9/h2-4H,1H3/q+1. The van der Waals surface area contributed by atoms with Gasteiger partial charge in [0.2, 0.25) is 11.2 Å². The monoisotopic (exact) mass is 153 g/mol. The molecule has 11 heavy (non-hydrogen) atoms. The van der Waals surface area contributed by atoms with Crippen molar-refractivity contribution in [3.8, 4) is 5.75 Å². The molecular weight excluding hydrogens is 147 g/mol. The summed E-state index contributed by atoms with van der Waals surface area (Å²) in [6.45, 7) is 0. The number of methoxy groups -OCH3 is 1. The summed E-state index contributed by atoms with van der Waals surface area (Å²) in [5, 5.41) is 8.27. The van der Waals surface area contributed by atoms with E-state index in [0.717, 1.165) is 0 Å². The molecule has 56 valence electrons. The highest BCUT2D eigenvalue weighted by molar-refractivity contribution is 5.49. The quantitative estimate of drug-likeness (QED) is 0.580. The van der Waals surface area contributed by atoms with Crippen LogP contribution >= 0.6 is 0 Å². The number of ether oxygens (including phenoxy) is 1. The third-order valence-corrected chi connectivity index (χ3v) is 1.26. The van der Waals surface area contributed by atoms with E-state index in [-0.39, 0.29) is 5.69 Å². The van der Waals surface area contributed by atoms with Crippen molar-refractivity contribution in [2.45, 2.75) is 0 Å². The van der Waals surface area contributed by atoms with Gasteiger partial charge in [-0.2, -0.15) is 4.39 Å². The highest BCUT2D eigenvalue weighted by Crippen LogP contribution is 2.23. The van der Waals surface area contributed by atoms with Gasteiger partial charge in [-0.25, -0.2) is 0 Å². The van der Waals surface area contributed by atoms with Crippen LogP contribution in [-0.4, -0.2) is 7.11 Å². The predicted octanol–water partition coefficient (Wildman–Crippen LogP) is 2.32. The van der Waals surface area contributed by atoms with Gasteiger partial charge >= 0.3 is 5.69 Å². The van der Waals surface area contributed by atoms with E-state index in [4.69, 9.17) is 10.1 Å². The minimum Gasteiger partial charge on any atom is -0.496 e. The Kier molecular flexibility index (Phi) is 2.02. The zero-order valence-electron chi connectivity index (χ0n) is 5.91. The summed E-state index contributed by atoms with van der Waals surface area (Å²) in [5.41, 5.74) is -0.121. The van der Waals surface area contributed by atoms with Crippen molar-refractivity contribution in [3.05, 3.63) is 29.0 Å². The molecule has 1 aromatic carbocycles. The number of halogens is 1. The number of hydrogen-bond donors (Lipinski definition) is 0. The summed E-state index contributed by atoms with van der Waals surface area (Å²) in [5.74, 6) is -0.118. The maximum Gasteiger partial charge on any atom is 0.423 e. The lowest BCUT2D eigenvalue weighted by Crippen LogP contribution is -1.82. The van der Waals surface area contributed by atoms with E-state index in [1.807, 2.05) is 0 Å². The zero-order chi connectivity index (χ0) is 8.27. The fourth-order valence-corrected chi connectivity index (χ4v) is 0.696. The van der Waals surface area contributed by atoms with Crippen LogP contribution in [0.4, 0.5) is 10.1 Å². The van der Waals surface area contributed by atoms with Gasteiger partial charge in [-0.1, -0.05) is 0 Å². The number of hydrogen-bond acceptors (Lipinski definition) is 2. The Bertz CT molecular complexity index is 306. The van der Waals surface area contributed by atoms with Gasteiger partial charge in [0.15, 0.2) is 4.98 Å². The van der Waals surface area contributed by atoms with Crippen LogP contribution in [0.15, 0.2) is 18.2 Å². The van der Waals surface area contributed by atoms with Crippen molar-refractivity contribution >= 4 is 5.69 Å². The van der Waals surface area contributed by atoms with Crippen molar-refractivity contribution in [2.75, 3.05) is 7.11 Å². The van der Waals surface area contributed by atoms with E-state index < -0.39 is 5.82 Å². The number of rotatable bonds is 1. The van der Waals surface area contributed by atoms with E-state index in [0.29, 0.717) is 5.75 Å². The first-order valence-electron chi connectivity index (χ1n) is 2.96. The topological polar surface area (TPSA) is 37.4 Å². The second-order valence-corrected chi connectivity index (χ2v) is 1.92. The highest BCUT2D eigenvalue weighted by atomic mass is 19.1. The van der Waals surface area contributed by atoms with E-state index >= 15 is 0 Å². The first-order chi connectivity index (χ1) is 5.27. The molecule has 0 N–H and O–H groups in total. The van der Waals surface area contributed by atoms with Crippen LogP contribution in [-0.2, 0) is 0 Å². The normalized spacial score (nSPS) is 8.82. The Hall–Kier alpha value is -1.63. The number of diazo groups is 1. The first-order valence-corrected chi connectivity index (χ1v) is 2.96. The molecule has 0 saturated carbocycles. The van der Waals surface area contributed by atoms with Gasteiger partial charge < -0.3 is 4.74 Å². The lowest BCUT2D eigenvalue weighted by atomic mass is 10.3. The third kappa shape index (κ3) is 1.44. The van der Waals surface area contributed by atoms with Crippen LogP contribution in [0.5, 0.6) is 5.75 Å². The molecule has 0 heterocycles. The molecule has 0 amide bonds. The molecule has 0 unspecified atom stereocenters. The van der Waals surface area contributed by atoms with Crippen LogP contribution in [0.2, 0.25) is 0 Å². The van der Waals surface area contributed by atoms with Gasteiger partial charge in [0.1, 0.15) is 5.75 Å². The Labute approximate surface area is 63.0 Å². The molecule has 1 rings (SSSR count). The van der Waals surface area contributed by atoms with Crippen molar-refractivity contribution in [2.24, 2.45) is 0 Å². The molecule has 0 spiro atoms. The van der Waals surface area contributed by atoms with Crippen LogP contribution in [0, 0.1) is 11.2 Å². The predicted molar refractivity (Wildman–Crippen MR) is 37.7 cm³/mol. The Morgan fingerprint density at radius 1 is 1.55 bits per heavy atom. The molecule has 0 aromatic heterocycles. The minimum absolute atomic E-state index is 0.121. The van der Waals surface area contributed by atoms with E-state index in [2.05, 4.69) is 4.98 Å². The van der Waals surface area contributed by atoms with Crippen LogP contribution in [0.25, 0.3) is 4.98 Å². The summed E-state index contributed by atoms with van der Waals surface area (Å²) < 4.78 is 17.4. The largest absolute Gasteiger partial charge is 0.496 e. The molecule has 0 fully saturated rings. The van der Waals surface area contributed by atoms with E-state index in [1.165, 1.54) is 25.3 Å². The first kappa shape index (κ1) is 7.48. The Balaban J connectivity index is 3.15. The summed E-state index contributed by atoms with van der Waals surface area (Å²) in [6.07, 6.45) is 0. The summed E-state index contributed by atoms with van der Waals surface area (Å²) >= 11 is 0. The molecule has 3 nitrogen and oxygen atoms in total. The van der Waals surface area contributed by atoms with E-state index in [1.54, 1.807) is 0 Å². The van der Waals surface area contributed by atoms with Gasteiger partial charge in [-0.15, -0.1) is 0 Å². The smallest absolute Gasteiger partial charge is 0.423 e. The molecule has 0 saturated heterocycles. The van der Waals surface area contributed by atoms with Crippen LogP contribution < -0.4 is 4.74 Å². The fourth-order valence-electron chi connectivity index (χ4n) is 0.696. The Morgan fingerprint density at radius 2 is 2.27 bits per heavy atom. The van der Waals surface area contributed by atoms with Gasteiger partial charge in [-0.3, -0.25) is 0 Å². The van der Waals surface area contributed by atoms with Gasteiger partial charge in [0.25, 0.3) is 0 Å². The second-order valence-electron chi connectivity index (χ2n) is 1.92. The lowest BCUT2D eigenvalue weighted by Gasteiger charge is -1.94. The summed E-state index contributed by atoms with van der Waals surface area (Å²) in [6, 6.07) is 3.92. The van der Waals surface area contributed by atoms with E-state index in [9.17, 15) is 4.39 Å². The van der Waals surface area contributed by atoms with Crippen molar-refractivity contribution in [1.82, 2.24) is 0 Å². The number of nitrogens with zero attached hydrogens (tertiary/aromatic N) is 2. The highest BCUT2D eigenvalue weighted by Gasteiger charge is 2.13. The molecular formula is C7H6FN2O+. The molecule has 0 atom stereocenters. The molecule has 0 aliphatic heterocycles. The summed E-state index contributed by atoms with van der Waals surface area (Å²) in [7, 11) is 1.45. The average molecular weight is 153 g/mol. The molecule has 0 aliphatic carbocycles. The average Bonchev–Trinajstić information content (AvgIpc) is 2.05. The van der Waals surface area contributed by atoms with Crippen LogP contribution in [0.1, 0.15) is 0 Å². The van der Waals surface area contributed by atoms with Crippen molar-refractivity contribution in [3.63, 3.8) is 0 Å². The minimum atomic E-state index is -0.576. The molecule has 0 aliphatic rings.